The molecule has 4 heteroatoms. The molecule has 0 aliphatic rings. The first-order valence-electron chi connectivity index (χ1n) is 4.16. The van der Waals surface area contributed by atoms with E-state index in [1.807, 2.05) is 6.92 Å². The van der Waals surface area contributed by atoms with Crippen molar-refractivity contribution in [2.24, 2.45) is 5.73 Å². The first-order valence-corrected chi connectivity index (χ1v) is 4.16. The predicted octanol–water partition coefficient (Wildman–Crippen LogP) is 0.340. The lowest BCUT2D eigenvalue weighted by Gasteiger charge is -2.26. The van der Waals surface area contributed by atoms with Crippen LogP contribution in [0.4, 0.5) is 0 Å². The van der Waals surface area contributed by atoms with Gasteiger partial charge in [0.2, 0.25) is 0 Å². The lowest BCUT2D eigenvalue weighted by atomic mass is 9.90. The van der Waals surface area contributed by atoms with E-state index in [4.69, 9.17) is 10.8 Å². The van der Waals surface area contributed by atoms with Gasteiger partial charge in [-0.05, 0) is 13.3 Å². The summed E-state index contributed by atoms with van der Waals surface area (Å²) in [5, 5.41) is 18.3. The minimum absolute atomic E-state index is 0.219. The summed E-state index contributed by atoms with van der Waals surface area (Å²) in [6.45, 7) is 3.44. The SMILES string of the molecule is CCCCC(O)(C(=O)O)C(C)N. The standard InChI is InChI=1S/C8H17NO3/c1-3-4-5-8(12,6(2)9)7(10)11/h6,12H,3-5,9H2,1-2H3,(H,10,11). The minimum atomic E-state index is -1.75. The molecule has 0 saturated carbocycles. The van der Waals surface area contributed by atoms with Gasteiger partial charge in [0.25, 0.3) is 0 Å². The summed E-state index contributed by atoms with van der Waals surface area (Å²) in [6, 6.07) is -0.735. The van der Waals surface area contributed by atoms with Gasteiger partial charge in [-0.2, -0.15) is 0 Å². The van der Waals surface area contributed by atoms with Crippen molar-refractivity contribution < 1.29 is 15.0 Å². The van der Waals surface area contributed by atoms with Crippen LogP contribution in [0.25, 0.3) is 0 Å². The van der Waals surface area contributed by atoms with Crippen molar-refractivity contribution in [1.82, 2.24) is 0 Å². The second kappa shape index (κ2) is 4.42. The number of aliphatic carboxylic acids is 1. The Morgan fingerprint density at radius 2 is 2.17 bits per heavy atom. The molecule has 0 bridgehead atoms. The number of hydrogen-bond acceptors (Lipinski definition) is 3. The van der Waals surface area contributed by atoms with Gasteiger partial charge in [0.15, 0.2) is 5.60 Å². The van der Waals surface area contributed by atoms with Gasteiger partial charge in [0, 0.05) is 6.04 Å². The fourth-order valence-corrected chi connectivity index (χ4v) is 0.976. The van der Waals surface area contributed by atoms with E-state index in [2.05, 4.69) is 0 Å². The van der Waals surface area contributed by atoms with Gasteiger partial charge in [0.05, 0.1) is 0 Å². The Labute approximate surface area is 72.4 Å². The van der Waals surface area contributed by atoms with E-state index < -0.39 is 17.6 Å². The molecule has 72 valence electrons. The van der Waals surface area contributed by atoms with Crippen molar-refractivity contribution >= 4 is 5.97 Å². The van der Waals surface area contributed by atoms with E-state index in [-0.39, 0.29) is 6.42 Å². The average Bonchev–Trinajstić information content (AvgIpc) is 1.99. The van der Waals surface area contributed by atoms with Crippen LogP contribution >= 0.6 is 0 Å². The van der Waals surface area contributed by atoms with E-state index in [0.29, 0.717) is 6.42 Å². The average molecular weight is 175 g/mol. The van der Waals surface area contributed by atoms with E-state index in [9.17, 15) is 9.90 Å². The second-order valence-electron chi connectivity index (χ2n) is 3.12. The number of rotatable bonds is 5. The van der Waals surface area contributed by atoms with Crippen LogP contribution in [-0.2, 0) is 4.79 Å². The highest BCUT2D eigenvalue weighted by Gasteiger charge is 2.38. The quantitative estimate of drug-likeness (QED) is 0.562. The zero-order valence-corrected chi connectivity index (χ0v) is 7.58. The Morgan fingerprint density at radius 1 is 1.67 bits per heavy atom. The molecular formula is C8H17NO3. The zero-order chi connectivity index (χ0) is 9.78. The lowest BCUT2D eigenvalue weighted by Crippen LogP contribution is -2.52. The minimum Gasteiger partial charge on any atom is -0.479 e. The maximum Gasteiger partial charge on any atom is 0.337 e. The first-order chi connectivity index (χ1) is 5.45. The van der Waals surface area contributed by atoms with E-state index >= 15 is 0 Å². The molecule has 0 saturated heterocycles. The molecule has 0 heterocycles. The molecule has 0 radical (unpaired) electrons. The van der Waals surface area contributed by atoms with Crippen LogP contribution in [0.5, 0.6) is 0 Å². The van der Waals surface area contributed by atoms with Gasteiger partial charge in [-0.15, -0.1) is 0 Å². The Morgan fingerprint density at radius 3 is 2.42 bits per heavy atom. The maximum absolute atomic E-state index is 10.6. The Kier molecular flexibility index (Phi) is 4.20. The van der Waals surface area contributed by atoms with Crippen LogP contribution < -0.4 is 5.73 Å². The molecule has 2 atom stereocenters. The molecular weight excluding hydrogens is 158 g/mol. The molecule has 2 unspecified atom stereocenters. The highest BCUT2D eigenvalue weighted by molar-refractivity contribution is 5.78. The maximum atomic E-state index is 10.6. The highest BCUT2D eigenvalue weighted by Crippen LogP contribution is 2.17. The van der Waals surface area contributed by atoms with Gasteiger partial charge in [-0.25, -0.2) is 4.79 Å². The largest absolute Gasteiger partial charge is 0.479 e. The lowest BCUT2D eigenvalue weighted by molar-refractivity contribution is -0.161. The topological polar surface area (TPSA) is 83.5 Å². The molecule has 0 aliphatic heterocycles. The third-order valence-corrected chi connectivity index (χ3v) is 2.04. The summed E-state index contributed by atoms with van der Waals surface area (Å²) < 4.78 is 0. The van der Waals surface area contributed by atoms with Gasteiger partial charge in [-0.1, -0.05) is 19.8 Å². The molecule has 4 N–H and O–H groups in total. The number of aliphatic hydroxyl groups is 1. The normalized spacial score (nSPS) is 18.3. The summed E-state index contributed by atoms with van der Waals surface area (Å²) in [7, 11) is 0. The monoisotopic (exact) mass is 175 g/mol. The number of unbranched alkanes of at least 4 members (excludes halogenated alkanes) is 1. The molecule has 0 aromatic carbocycles. The Bertz CT molecular complexity index is 158. The summed E-state index contributed by atoms with van der Waals surface area (Å²) in [5.41, 5.74) is 3.63. The number of carboxylic acids is 1. The van der Waals surface area contributed by atoms with Crippen LogP contribution in [0.2, 0.25) is 0 Å². The number of carboxylic acid groups (broad SMARTS) is 1. The zero-order valence-electron chi connectivity index (χ0n) is 7.58. The molecule has 0 aliphatic carbocycles. The summed E-state index contributed by atoms with van der Waals surface area (Å²) in [5.74, 6) is -1.23. The Balaban J connectivity index is 4.29. The molecule has 12 heavy (non-hydrogen) atoms. The first kappa shape index (κ1) is 11.4. The number of hydrogen-bond donors (Lipinski definition) is 3. The van der Waals surface area contributed by atoms with Crippen molar-refractivity contribution in [1.29, 1.82) is 0 Å². The summed E-state index contributed by atoms with van der Waals surface area (Å²) in [4.78, 5) is 10.6. The van der Waals surface area contributed by atoms with Crippen LogP contribution in [0.15, 0.2) is 0 Å². The highest BCUT2D eigenvalue weighted by atomic mass is 16.4. The smallest absolute Gasteiger partial charge is 0.337 e. The second-order valence-corrected chi connectivity index (χ2v) is 3.12. The summed E-state index contributed by atoms with van der Waals surface area (Å²) in [6.07, 6.45) is 1.74. The third kappa shape index (κ3) is 2.46. The fourth-order valence-electron chi connectivity index (χ4n) is 0.976. The number of nitrogens with two attached hydrogens (primary N) is 1. The van der Waals surface area contributed by atoms with E-state index in [1.54, 1.807) is 0 Å². The molecule has 0 amide bonds. The van der Waals surface area contributed by atoms with Crippen molar-refractivity contribution in [2.45, 2.75) is 44.8 Å². The van der Waals surface area contributed by atoms with Crippen LogP contribution in [0, 0.1) is 0 Å². The third-order valence-electron chi connectivity index (χ3n) is 2.04. The van der Waals surface area contributed by atoms with E-state index in [1.165, 1.54) is 6.92 Å². The fraction of sp³-hybridized carbons (Fsp3) is 0.875. The van der Waals surface area contributed by atoms with Gasteiger partial charge in [-0.3, -0.25) is 0 Å². The van der Waals surface area contributed by atoms with E-state index in [0.717, 1.165) is 6.42 Å². The van der Waals surface area contributed by atoms with Crippen LogP contribution in [0.1, 0.15) is 33.1 Å². The predicted molar refractivity (Wildman–Crippen MR) is 45.8 cm³/mol. The van der Waals surface area contributed by atoms with Crippen molar-refractivity contribution in [2.75, 3.05) is 0 Å². The van der Waals surface area contributed by atoms with Crippen molar-refractivity contribution in [3.8, 4) is 0 Å². The summed E-state index contributed by atoms with van der Waals surface area (Å²) >= 11 is 0. The van der Waals surface area contributed by atoms with Crippen molar-refractivity contribution in [3.05, 3.63) is 0 Å². The van der Waals surface area contributed by atoms with Crippen LogP contribution in [0.3, 0.4) is 0 Å². The van der Waals surface area contributed by atoms with Crippen LogP contribution in [-0.4, -0.2) is 27.8 Å². The molecule has 4 nitrogen and oxygen atoms in total. The molecule has 0 aromatic rings. The van der Waals surface area contributed by atoms with Gasteiger partial charge < -0.3 is 15.9 Å². The molecule has 0 spiro atoms. The van der Waals surface area contributed by atoms with Gasteiger partial charge >= 0.3 is 5.97 Å². The number of carbonyl (C=O) groups is 1. The molecule has 0 rings (SSSR count). The van der Waals surface area contributed by atoms with Gasteiger partial charge in [0.1, 0.15) is 0 Å². The molecule has 0 fully saturated rings. The Hall–Kier alpha value is -0.610. The van der Waals surface area contributed by atoms with Crippen molar-refractivity contribution in [3.63, 3.8) is 0 Å². The molecule has 0 aromatic heterocycles.